The number of hydrogen-bond donors (Lipinski definition) is 1. The van der Waals surface area contributed by atoms with Gasteiger partial charge in [-0.1, -0.05) is 0 Å². The first-order valence-corrected chi connectivity index (χ1v) is 5.87. The van der Waals surface area contributed by atoms with Gasteiger partial charge in [-0.15, -0.1) is 0 Å². The van der Waals surface area contributed by atoms with Crippen LogP contribution in [0.2, 0.25) is 0 Å². The molecule has 0 unspecified atom stereocenters. The molecule has 0 aromatic carbocycles. The number of nitrogens with zero attached hydrogens (tertiary/aromatic N) is 1. The quantitative estimate of drug-likeness (QED) is 0.801. The molecule has 0 amide bonds. The summed E-state index contributed by atoms with van der Waals surface area (Å²) in [5.41, 5.74) is 6.65. The minimum Gasteiger partial charge on any atom is -0.396 e. The Morgan fingerprint density at radius 3 is 2.50 bits per heavy atom. The van der Waals surface area contributed by atoms with E-state index in [1.807, 2.05) is 0 Å². The van der Waals surface area contributed by atoms with Crippen LogP contribution in [0.1, 0.15) is 19.4 Å². The number of nitrogen functional groups attached to an aromatic ring is 1. The van der Waals surface area contributed by atoms with Crippen LogP contribution >= 0.6 is 0 Å². The Balaban J connectivity index is 3.42. The number of sulfone groups is 1. The molecule has 0 radical (unpaired) electrons. The SMILES string of the molecule is Cc1ccnc(S(=O)(=O)C(C)C)c1N. The molecule has 0 aliphatic heterocycles. The second-order valence-electron chi connectivity index (χ2n) is 3.44. The second kappa shape index (κ2) is 3.57. The molecule has 1 aromatic heterocycles. The maximum absolute atomic E-state index is 11.8. The van der Waals surface area contributed by atoms with E-state index in [9.17, 15) is 8.42 Å². The number of rotatable bonds is 2. The lowest BCUT2D eigenvalue weighted by atomic mass is 10.3. The zero-order valence-electron chi connectivity index (χ0n) is 8.48. The van der Waals surface area contributed by atoms with E-state index in [0.29, 0.717) is 0 Å². The number of hydrogen-bond acceptors (Lipinski definition) is 4. The van der Waals surface area contributed by atoms with Crippen molar-refractivity contribution in [1.82, 2.24) is 4.98 Å². The van der Waals surface area contributed by atoms with E-state index in [2.05, 4.69) is 4.98 Å². The summed E-state index contributed by atoms with van der Waals surface area (Å²) in [7, 11) is -3.37. The van der Waals surface area contributed by atoms with Crippen molar-refractivity contribution >= 4 is 15.5 Å². The number of aryl methyl sites for hydroxylation is 1. The van der Waals surface area contributed by atoms with Crippen LogP contribution in [0.5, 0.6) is 0 Å². The Bertz CT molecular complexity index is 438. The number of aromatic nitrogens is 1. The van der Waals surface area contributed by atoms with E-state index in [4.69, 9.17) is 5.73 Å². The summed E-state index contributed by atoms with van der Waals surface area (Å²) in [4.78, 5) is 3.82. The average molecular weight is 214 g/mol. The lowest BCUT2D eigenvalue weighted by Crippen LogP contribution is -2.17. The number of pyridine rings is 1. The molecule has 0 spiro atoms. The van der Waals surface area contributed by atoms with Gasteiger partial charge in [0.05, 0.1) is 10.9 Å². The summed E-state index contributed by atoms with van der Waals surface area (Å²) in [6, 6.07) is 1.69. The van der Waals surface area contributed by atoms with Crippen LogP contribution < -0.4 is 5.73 Å². The minimum absolute atomic E-state index is 0.00694. The lowest BCUT2D eigenvalue weighted by molar-refractivity contribution is 0.584. The zero-order valence-corrected chi connectivity index (χ0v) is 9.30. The summed E-state index contributed by atoms with van der Waals surface area (Å²) in [5, 5.41) is -0.508. The molecule has 5 heteroatoms. The fourth-order valence-electron chi connectivity index (χ4n) is 0.995. The lowest BCUT2D eigenvalue weighted by Gasteiger charge is -2.10. The molecule has 1 rings (SSSR count). The third kappa shape index (κ3) is 1.72. The molecule has 0 atom stereocenters. The van der Waals surface area contributed by atoms with Crippen molar-refractivity contribution in [3.63, 3.8) is 0 Å². The first-order valence-electron chi connectivity index (χ1n) is 4.32. The van der Waals surface area contributed by atoms with Crippen LogP contribution in [0.15, 0.2) is 17.3 Å². The molecule has 4 nitrogen and oxygen atoms in total. The first-order chi connectivity index (χ1) is 6.37. The molecule has 0 bridgehead atoms. The highest BCUT2D eigenvalue weighted by molar-refractivity contribution is 7.92. The van der Waals surface area contributed by atoms with Gasteiger partial charge in [0.2, 0.25) is 0 Å². The topological polar surface area (TPSA) is 73.0 Å². The molecule has 0 aliphatic carbocycles. The molecule has 0 aliphatic rings. The summed E-state index contributed by atoms with van der Waals surface area (Å²) in [6.07, 6.45) is 1.46. The van der Waals surface area contributed by atoms with Crippen LogP contribution in [0.25, 0.3) is 0 Å². The highest BCUT2D eigenvalue weighted by Gasteiger charge is 2.23. The first kappa shape index (κ1) is 11.0. The summed E-state index contributed by atoms with van der Waals surface area (Å²) >= 11 is 0. The zero-order chi connectivity index (χ0) is 10.9. The van der Waals surface area contributed by atoms with Gasteiger partial charge in [0, 0.05) is 6.20 Å². The fraction of sp³-hybridized carbons (Fsp3) is 0.444. The maximum atomic E-state index is 11.8. The number of anilines is 1. The van der Waals surface area contributed by atoms with Crippen LogP contribution in [0, 0.1) is 6.92 Å². The van der Waals surface area contributed by atoms with Gasteiger partial charge in [-0.25, -0.2) is 13.4 Å². The Hall–Kier alpha value is -1.10. The summed E-state index contributed by atoms with van der Waals surface area (Å²) in [6.45, 7) is 4.98. The molecule has 78 valence electrons. The van der Waals surface area contributed by atoms with Crippen molar-refractivity contribution in [1.29, 1.82) is 0 Å². The van der Waals surface area contributed by atoms with E-state index in [1.165, 1.54) is 6.20 Å². The summed E-state index contributed by atoms with van der Waals surface area (Å²) < 4.78 is 23.5. The molecule has 1 heterocycles. The molecule has 2 N–H and O–H groups in total. The van der Waals surface area contributed by atoms with Crippen molar-refractivity contribution in [3.8, 4) is 0 Å². The van der Waals surface area contributed by atoms with Gasteiger partial charge < -0.3 is 5.73 Å². The second-order valence-corrected chi connectivity index (χ2v) is 5.86. The van der Waals surface area contributed by atoms with Crippen LogP contribution in [-0.2, 0) is 9.84 Å². The largest absolute Gasteiger partial charge is 0.396 e. The van der Waals surface area contributed by atoms with Crippen molar-refractivity contribution in [2.45, 2.75) is 31.0 Å². The minimum atomic E-state index is -3.37. The van der Waals surface area contributed by atoms with E-state index < -0.39 is 15.1 Å². The van der Waals surface area contributed by atoms with Crippen LogP contribution in [0.3, 0.4) is 0 Å². The van der Waals surface area contributed by atoms with E-state index in [0.717, 1.165) is 5.56 Å². The third-order valence-electron chi connectivity index (χ3n) is 2.06. The maximum Gasteiger partial charge on any atom is 0.200 e. The molecule has 0 saturated carbocycles. The molecular weight excluding hydrogens is 200 g/mol. The molecule has 0 fully saturated rings. The fourth-order valence-corrected chi connectivity index (χ4v) is 2.12. The highest BCUT2D eigenvalue weighted by atomic mass is 32.2. The van der Waals surface area contributed by atoms with E-state index in [1.54, 1.807) is 26.8 Å². The predicted molar refractivity (Wildman–Crippen MR) is 55.7 cm³/mol. The van der Waals surface area contributed by atoms with Crippen LogP contribution in [-0.4, -0.2) is 18.7 Å². The predicted octanol–water partition coefficient (Wildman–Crippen LogP) is 1.15. The average Bonchev–Trinajstić information content (AvgIpc) is 2.09. The summed E-state index contributed by atoms with van der Waals surface area (Å²) in [5.74, 6) is 0. The van der Waals surface area contributed by atoms with Gasteiger partial charge in [0.25, 0.3) is 0 Å². The standard InChI is InChI=1S/C9H14N2O2S/c1-6(2)14(12,13)9-8(10)7(3)4-5-11-9/h4-6H,10H2,1-3H3. The van der Waals surface area contributed by atoms with Gasteiger partial charge in [-0.3, -0.25) is 0 Å². The van der Waals surface area contributed by atoms with Crippen LogP contribution in [0.4, 0.5) is 5.69 Å². The Labute approximate surface area is 84.1 Å². The van der Waals surface area contributed by atoms with E-state index >= 15 is 0 Å². The molecule has 0 saturated heterocycles. The Morgan fingerprint density at radius 2 is 2.00 bits per heavy atom. The molecule has 14 heavy (non-hydrogen) atoms. The molecule has 1 aromatic rings. The van der Waals surface area contributed by atoms with Gasteiger partial charge in [-0.05, 0) is 32.4 Å². The molecular formula is C9H14N2O2S. The van der Waals surface area contributed by atoms with Crippen molar-refractivity contribution in [2.24, 2.45) is 0 Å². The highest BCUT2D eigenvalue weighted by Crippen LogP contribution is 2.22. The van der Waals surface area contributed by atoms with Gasteiger partial charge >= 0.3 is 0 Å². The number of nitrogens with two attached hydrogens (primary N) is 1. The monoisotopic (exact) mass is 214 g/mol. The van der Waals surface area contributed by atoms with Gasteiger partial charge in [0.1, 0.15) is 0 Å². The third-order valence-corrected chi connectivity index (χ3v) is 4.17. The van der Waals surface area contributed by atoms with Gasteiger partial charge in [-0.2, -0.15) is 0 Å². The van der Waals surface area contributed by atoms with E-state index in [-0.39, 0.29) is 10.7 Å². The van der Waals surface area contributed by atoms with Crippen molar-refractivity contribution < 1.29 is 8.42 Å². The smallest absolute Gasteiger partial charge is 0.200 e. The van der Waals surface area contributed by atoms with Crippen molar-refractivity contribution in [2.75, 3.05) is 5.73 Å². The van der Waals surface area contributed by atoms with Crippen molar-refractivity contribution in [3.05, 3.63) is 17.8 Å². The normalized spacial score (nSPS) is 12.0. The van der Waals surface area contributed by atoms with Gasteiger partial charge in [0.15, 0.2) is 14.9 Å². The Morgan fingerprint density at radius 1 is 1.43 bits per heavy atom. The Kier molecular flexibility index (Phi) is 2.80.